The van der Waals surface area contributed by atoms with E-state index in [1.54, 1.807) is 0 Å². The van der Waals surface area contributed by atoms with Gasteiger partial charge in [-0.15, -0.1) is 0 Å². The zero-order valence-corrected chi connectivity index (χ0v) is 12.1. The third-order valence-electron chi connectivity index (χ3n) is 4.08. The van der Waals surface area contributed by atoms with Gasteiger partial charge in [-0.1, -0.05) is 0 Å². The predicted octanol–water partition coefficient (Wildman–Crippen LogP) is 2.34. The van der Waals surface area contributed by atoms with Crippen molar-refractivity contribution in [3.05, 3.63) is 30.1 Å². The van der Waals surface area contributed by atoms with Gasteiger partial charge >= 0.3 is 0 Å². The van der Waals surface area contributed by atoms with E-state index in [-0.39, 0.29) is 0 Å². The summed E-state index contributed by atoms with van der Waals surface area (Å²) in [5.74, 6) is 0.919. The van der Waals surface area contributed by atoms with Crippen molar-refractivity contribution in [1.82, 2.24) is 15.2 Å². The number of hydrogen-bond acceptors (Lipinski definition) is 3. The Hall–Kier alpha value is -0.930. The molecule has 1 fully saturated rings. The molecule has 0 aromatic carbocycles. The van der Waals surface area contributed by atoms with Gasteiger partial charge in [-0.3, -0.25) is 4.98 Å². The van der Waals surface area contributed by atoms with Gasteiger partial charge in [-0.2, -0.15) is 0 Å². The molecule has 0 amide bonds. The second-order valence-corrected chi connectivity index (χ2v) is 5.76. The topological polar surface area (TPSA) is 28.2 Å². The fourth-order valence-corrected chi connectivity index (χ4v) is 2.80. The third kappa shape index (κ3) is 5.70. The summed E-state index contributed by atoms with van der Waals surface area (Å²) in [5, 5.41) is 3.50. The van der Waals surface area contributed by atoms with E-state index in [0.717, 1.165) is 18.9 Å². The average Bonchev–Trinajstić information content (AvgIpc) is 2.47. The van der Waals surface area contributed by atoms with Crippen LogP contribution < -0.4 is 5.32 Å². The molecular formula is C16H27N3. The first-order chi connectivity index (χ1) is 9.34. The lowest BCUT2D eigenvalue weighted by molar-refractivity contribution is 0.294. The molecular weight excluding hydrogens is 234 g/mol. The molecule has 1 aromatic rings. The van der Waals surface area contributed by atoms with Gasteiger partial charge in [-0.05, 0) is 82.4 Å². The van der Waals surface area contributed by atoms with Crippen LogP contribution in [0.4, 0.5) is 0 Å². The first-order valence-corrected chi connectivity index (χ1v) is 7.63. The van der Waals surface area contributed by atoms with E-state index in [9.17, 15) is 0 Å². The van der Waals surface area contributed by atoms with Crippen molar-refractivity contribution in [3.63, 3.8) is 0 Å². The Labute approximate surface area is 117 Å². The second-order valence-electron chi connectivity index (χ2n) is 5.76. The van der Waals surface area contributed by atoms with Crippen molar-refractivity contribution < 1.29 is 0 Å². The van der Waals surface area contributed by atoms with E-state index in [1.807, 2.05) is 12.4 Å². The second kappa shape index (κ2) is 8.28. The highest BCUT2D eigenvalue weighted by molar-refractivity contribution is 5.09. The van der Waals surface area contributed by atoms with E-state index < -0.39 is 0 Å². The van der Waals surface area contributed by atoms with E-state index >= 15 is 0 Å². The molecule has 0 spiro atoms. The molecule has 2 rings (SSSR count). The zero-order chi connectivity index (χ0) is 13.3. The molecule has 1 saturated heterocycles. The number of nitrogens with one attached hydrogen (secondary N) is 1. The maximum atomic E-state index is 4.05. The van der Waals surface area contributed by atoms with Crippen LogP contribution in [-0.2, 0) is 6.42 Å². The van der Waals surface area contributed by atoms with Crippen molar-refractivity contribution >= 4 is 0 Å². The van der Waals surface area contributed by atoms with Crippen LogP contribution in [0.25, 0.3) is 0 Å². The monoisotopic (exact) mass is 261 g/mol. The van der Waals surface area contributed by atoms with Gasteiger partial charge < -0.3 is 10.2 Å². The lowest BCUT2D eigenvalue weighted by atomic mass is 9.95. The van der Waals surface area contributed by atoms with Gasteiger partial charge in [0.15, 0.2) is 0 Å². The Morgan fingerprint density at radius 3 is 2.89 bits per heavy atom. The predicted molar refractivity (Wildman–Crippen MR) is 80.3 cm³/mol. The van der Waals surface area contributed by atoms with Crippen molar-refractivity contribution in [2.75, 3.05) is 33.2 Å². The molecule has 1 N–H and O–H groups in total. The van der Waals surface area contributed by atoms with Crippen molar-refractivity contribution in [2.45, 2.75) is 32.1 Å². The largest absolute Gasteiger partial charge is 0.316 e. The lowest BCUT2D eigenvalue weighted by Gasteiger charge is -2.24. The molecule has 1 atom stereocenters. The van der Waals surface area contributed by atoms with E-state index in [0.29, 0.717) is 0 Å². The number of pyridine rings is 1. The molecule has 0 saturated carbocycles. The lowest BCUT2D eigenvalue weighted by Crippen LogP contribution is -2.30. The van der Waals surface area contributed by atoms with E-state index in [4.69, 9.17) is 0 Å². The van der Waals surface area contributed by atoms with Crippen LogP contribution in [0.5, 0.6) is 0 Å². The summed E-state index contributed by atoms with van der Waals surface area (Å²) in [6, 6.07) is 4.23. The molecule has 19 heavy (non-hydrogen) atoms. The van der Waals surface area contributed by atoms with Gasteiger partial charge in [0, 0.05) is 18.9 Å². The van der Waals surface area contributed by atoms with Crippen LogP contribution in [0.2, 0.25) is 0 Å². The highest BCUT2D eigenvalue weighted by atomic mass is 15.1. The van der Waals surface area contributed by atoms with Crippen LogP contribution in [-0.4, -0.2) is 43.1 Å². The minimum Gasteiger partial charge on any atom is -0.316 e. The summed E-state index contributed by atoms with van der Waals surface area (Å²) in [6.07, 6.45) is 10.4. The van der Waals surface area contributed by atoms with Crippen LogP contribution in [0, 0.1) is 5.92 Å². The van der Waals surface area contributed by atoms with Gasteiger partial charge in [0.2, 0.25) is 0 Å². The summed E-state index contributed by atoms with van der Waals surface area (Å²) < 4.78 is 0. The van der Waals surface area contributed by atoms with Crippen LogP contribution in [0.1, 0.15) is 31.2 Å². The normalized spacial score (nSPS) is 19.8. The SMILES string of the molecule is CN(CCCC1CCCNC1)CCc1ccncc1. The average molecular weight is 261 g/mol. The molecule has 106 valence electrons. The molecule has 0 aliphatic carbocycles. The maximum Gasteiger partial charge on any atom is 0.0270 e. The van der Waals surface area contributed by atoms with Crippen LogP contribution in [0.15, 0.2) is 24.5 Å². The van der Waals surface area contributed by atoms with E-state index in [1.165, 1.54) is 50.9 Å². The zero-order valence-electron chi connectivity index (χ0n) is 12.1. The van der Waals surface area contributed by atoms with Crippen molar-refractivity contribution in [2.24, 2.45) is 5.92 Å². The number of aromatic nitrogens is 1. The minimum absolute atomic E-state index is 0.919. The fourth-order valence-electron chi connectivity index (χ4n) is 2.80. The smallest absolute Gasteiger partial charge is 0.0270 e. The molecule has 1 unspecified atom stereocenters. The van der Waals surface area contributed by atoms with Gasteiger partial charge in [0.25, 0.3) is 0 Å². The highest BCUT2D eigenvalue weighted by Gasteiger charge is 2.12. The number of rotatable bonds is 7. The molecule has 0 bridgehead atoms. The summed E-state index contributed by atoms with van der Waals surface area (Å²) in [5.41, 5.74) is 1.39. The summed E-state index contributed by atoms with van der Waals surface area (Å²) in [4.78, 5) is 6.51. The Morgan fingerprint density at radius 2 is 2.16 bits per heavy atom. The van der Waals surface area contributed by atoms with Crippen LogP contribution in [0.3, 0.4) is 0 Å². The maximum absolute atomic E-state index is 4.05. The first-order valence-electron chi connectivity index (χ1n) is 7.63. The molecule has 2 heterocycles. The fraction of sp³-hybridized carbons (Fsp3) is 0.688. The van der Waals surface area contributed by atoms with E-state index in [2.05, 4.69) is 34.4 Å². The molecule has 1 aliphatic heterocycles. The molecule has 0 radical (unpaired) electrons. The first kappa shape index (κ1) is 14.5. The Balaban J connectivity index is 1.55. The summed E-state index contributed by atoms with van der Waals surface area (Å²) in [6.45, 7) is 4.83. The van der Waals surface area contributed by atoms with Crippen molar-refractivity contribution in [1.29, 1.82) is 0 Å². The quantitative estimate of drug-likeness (QED) is 0.816. The third-order valence-corrected chi connectivity index (χ3v) is 4.08. The minimum atomic E-state index is 0.919. The number of likely N-dealkylation sites (N-methyl/N-ethyl adjacent to an activating group) is 1. The van der Waals surface area contributed by atoms with Gasteiger partial charge in [-0.25, -0.2) is 0 Å². The van der Waals surface area contributed by atoms with Crippen molar-refractivity contribution in [3.8, 4) is 0 Å². The van der Waals surface area contributed by atoms with Gasteiger partial charge in [0.1, 0.15) is 0 Å². The molecule has 1 aromatic heterocycles. The van der Waals surface area contributed by atoms with Gasteiger partial charge in [0.05, 0.1) is 0 Å². The standard InChI is InChI=1S/C16H27N3/c1-19(13-8-15-6-10-17-11-7-15)12-3-5-16-4-2-9-18-14-16/h6-7,10-11,16,18H,2-5,8-9,12-14H2,1H3. The molecule has 1 aliphatic rings. The Kier molecular flexibility index (Phi) is 6.31. The molecule has 3 heteroatoms. The molecule has 3 nitrogen and oxygen atoms in total. The van der Waals surface area contributed by atoms with Crippen LogP contribution >= 0.6 is 0 Å². The highest BCUT2D eigenvalue weighted by Crippen LogP contribution is 2.15. The summed E-state index contributed by atoms with van der Waals surface area (Å²) in [7, 11) is 2.24. The number of hydrogen-bond donors (Lipinski definition) is 1. The summed E-state index contributed by atoms with van der Waals surface area (Å²) >= 11 is 0. The Morgan fingerprint density at radius 1 is 1.32 bits per heavy atom. The number of piperidine rings is 1. The number of nitrogens with zero attached hydrogens (tertiary/aromatic N) is 2. The Bertz CT molecular complexity index is 333.